The Morgan fingerprint density at radius 3 is 2.40 bits per heavy atom. The van der Waals surface area contributed by atoms with Crippen molar-refractivity contribution < 1.29 is 26.4 Å². The first-order valence-corrected chi connectivity index (χ1v) is 7.78. The molecular formula is C11H11ClF3NO3S. The Morgan fingerprint density at radius 2 is 1.95 bits per heavy atom. The van der Waals surface area contributed by atoms with Gasteiger partial charge in [0.2, 0.25) is 0 Å². The molecule has 0 heterocycles. The third kappa shape index (κ3) is 4.68. The average Bonchev–Trinajstić information content (AvgIpc) is 2.33. The largest absolute Gasteiger partial charge is 0.405 e. The Hall–Kier alpha value is -1.28. The first-order chi connectivity index (χ1) is 9.04. The van der Waals surface area contributed by atoms with Crippen molar-refractivity contribution in [2.75, 3.05) is 6.54 Å². The highest BCUT2D eigenvalue weighted by atomic mass is 35.7. The van der Waals surface area contributed by atoms with Crippen molar-refractivity contribution in [1.82, 2.24) is 5.32 Å². The van der Waals surface area contributed by atoms with E-state index in [0.717, 1.165) is 6.07 Å². The van der Waals surface area contributed by atoms with Gasteiger partial charge in [0.25, 0.3) is 15.0 Å². The number of halogens is 4. The molecule has 0 radical (unpaired) electrons. The summed E-state index contributed by atoms with van der Waals surface area (Å²) < 4.78 is 58.5. The molecule has 0 saturated carbocycles. The molecule has 0 saturated heterocycles. The summed E-state index contributed by atoms with van der Waals surface area (Å²) in [5.74, 6) is -0.999. The Morgan fingerprint density at radius 1 is 1.35 bits per heavy atom. The van der Waals surface area contributed by atoms with Gasteiger partial charge in [-0.15, -0.1) is 0 Å². The molecule has 9 heteroatoms. The van der Waals surface area contributed by atoms with Crippen LogP contribution in [-0.2, 0) is 15.5 Å². The van der Waals surface area contributed by atoms with Crippen LogP contribution >= 0.6 is 10.7 Å². The fourth-order valence-electron chi connectivity index (χ4n) is 1.50. The smallest absolute Gasteiger partial charge is 0.343 e. The van der Waals surface area contributed by atoms with Gasteiger partial charge in [-0.1, -0.05) is 13.0 Å². The minimum Gasteiger partial charge on any atom is -0.343 e. The molecule has 20 heavy (non-hydrogen) atoms. The number of hydrogen-bond acceptors (Lipinski definition) is 3. The monoisotopic (exact) mass is 329 g/mol. The second-order valence-corrected chi connectivity index (χ2v) is 6.47. The maximum absolute atomic E-state index is 12.1. The Kier molecular flexibility index (Phi) is 5.04. The highest BCUT2D eigenvalue weighted by Gasteiger charge is 2.28. The van der Waals surface area contributed by atoms with Crippen LogP contribution in [-0.4, -0.2) is 27.0 Å². The van der Waals surface area contributed by atoms with Crippen LogP contribution in [0.4, 0.5) is 13.2 Å². The van der Waals surface area contributed by atoms with Gasteiger partial charge in [0.05, 0.1) is 4.90 Å². The van der Waals surface area contributed by atoms with Crippen LogP contribution in [0, 0.1) is 0 Å². The predicted octanol–water partition coefficient (Wildman–Crippen LogP) is 2.47. The van der Waals surface area contributed by atoms with E-state index in [2.05, 4.69) is 0 Å². The Bertz CT molecular complexity index is 614. The lowest BCUT2D eigenvalue weighted by molar-refractivity contribution is -0.123. The van der Waals surface area contributed by atoms with E-state index in [9.17, 15) is 26.4 Å². The predicted molar refractivity (Wildman–Crippen MR) is 67.2 cm³/mol. The second-order valence-electron chi connectivity index (χ2n) is 3.91. The average molecular weight is 330 g/mol. The lowest BCUT2D eigenvalue weighted by Gasteiger charge is -2.11. The number of carbonyl (C=O) groups excluding carboxylic acids is 1. The zero-order valence-corrected chi connectivity index (χ0v) is 11.9. The normalized spacial score (nSPS) is 12.2. The van der Waals surface area contributed by atoms with Gasteiger partial charge < -0.3 is 5.32 Å². The minimum atomic E-state index is -4.54. The molecule has 0 aliphatic heterocycles. The van der Waals surface area contributed by atoms with Crippen molar-refractivity contribution in [3.05, 3.63) is 29.3 Å². The van der Waals surface area contributed by atoms with E-state index in [1.807, 2.05) is 0 Å². The third-order valence-corrected chi connectivity index (χ3v) is 3.79. The summed E-state index contributed by atoms with van der Waals surface area (Å²) in [5, 5.41) is 1.69. The molecule has 1 amide bonds. The number of nitrogens with one attached hydrogen (secondary N) is 1. The molecule has 4 nitrogen and oxygen atoms in total. The van der Waals surface area contributed by atoms with Crippen molar-refractivity contribution in [3.63, 3.8) is 0 Å². The number of hydrogen-bond donors (Lipinski definition) is 1. The van der Waals surface area contributed by atoms with Crippen molar-refractivity contribution >= 4 is 25.6 Å². The van der Waals surface area contributed by atoms with Crippen LogP contribution in [0.25, 0.3) is 0 Å². The molecular weight excluding hydrogens is 319 g/mol. The molecule has 0 atom stereocenters. The highest BCUT2D eigenvalue weighted by molar-refractivity contribution is 8.13. The van der Waals surface area contributed by atoms with Gasteiger partial charge in [-0.25, -0.2) is 8.42 Å². The molecule has 0 aliphatic rings. The molecule has 0 aromatic heterocycles. The van der Waals surface area contributed by atoms with Gasteiger partial charge in [-0.05, 0) is 24.1 Å². The fourth-order valence-corrected chi connectivity index (χ4v) is 2.28. The lowest BCUT2D eigenvalue weighted by atomic mass is 10.0. The van der Waals surface area contributed by atoms with E-state index in [1.165, 1.54) is 12.1 Å². The molecule has 0 aliphatic carbocycles. The number of amides is 1. The molecule has 0 fully saturated rings. The van der Waals surface area contributed by atoms with Crippen LogP contribution in [0.1, 0.15) is 22.8 Å². The fraction of sp³-hybridized carbons (Fsp3) is 0.364. The summed E-state index contributed by atoms with van der Waals surface area (Å²) in [6.45, 7) is 0.192. The van der Waals surface area contributed by atoms with Gasteiger partial charge >= 0.3 is 6.18 Å². The topological polar surface area (TPSA) is 63.2 Å². The third-order valence-electron chi connectivity index (χ3n) is 2.44. The van der Waals surface area contributed by atoms with Gasteiger partial charge in [-0.3, -0.25) is 4.79 Å². The summed E-state index contributed by atoms with van der Waals surface area (Å²) in [4.78, 5) is 11.4. The summed E-state index contributed by atoms with van der Waals surface area (Å²) in [5.41, 5.74) is 0.284. The number of rotatable bonds is 4. The molecule has 1 N–H and O–H groups in total. The molecule has 0 bridgehead atoms. The van der Waals surface area contributed by atoms with E-state index in [0.29, 0.717) is 12.0 Å². The van der Waals surface area contributed by atoms with Crippen molar-refractivity contribution in [3.8, 4) is 0 Å². The molecule has 1 aromatic carbocycles. The minimum absolute atomic E-state index is 0.140. The Labute approximate surface area is 118 Å². The lowest BCUT2D eigenvalue weighted by Crippen LogP contribution is -2.34. The molecule has 1 aromatic rings. The van der Waals surface area contributed by atoms with E-state index < -0.39 is 27.7 Å². The summed E-state index contributed by atoms with van der Waals surface area (Å²) >= 11 is 0. The van der Waals surface area contributed by atoms with Crippen molar-refractivity contribution in [2.45, 2.75) is 24.4 Å². The maximum Gasteiger partial charge on any atom is 0.405 e. The first-order valence-electron chi connectivity index (χ1n) is 5.47. The van der Waals surface area contributed by atoms with Crippen LogP contribution in [0.2, 0.25) is 0 Å². The number of carbonyl (C=O) groups is 1. The van der Waals surface area contributed by atoms with Crippen LogP contribution in [0.5, 0.6) is 0 Å². The zero-order chi connectivity index (χ0) is 15.6. The summed E-state index contributed by atoms with van der Waals surface area (Å²) in [6.07, 6.45) is -4.18. The SMILES string of the molecule is CCc1ccc(S(=O)(=O)Cl)cc1C(=O)NCC(F)(F)F. The quantitative estimate of drug-likeness (QED) is 0.863. The van der Waals surface area contributed by atoms with E-state index in [4.69, 9.17) is 10.7 Å². The van der Waals surface area contributed by atoms with Crippen molar-refractivity contribution in [1.29, 1.82) is 0 Å². The highest BCUT2D eigenvalue weighted by Crippen LogP contribution is 2.20. The number of alkyl halides is 3. The van der Waals surface area contributed by atoms with Gasteiger partial charge in [0.15, 0.2) is 0 Å². The van der Waals surface area contributed by atoms with Gasteiger partial charge in [-0.2, -0.15) is 13.2 Å². The van der Waals surface area contributed by atoms with E-state index in [1.54, 1.807) is 12.2 Å². The standard InChI is InChI=1S/C11H11ClF3NO3S/c1-2-7-3-4-8(20(12,18)19)5-9(7)10(17)16-6-11(13,14)15/h3-5H,2,6H2,1H3,(H,16,17). The van der Waals surface area contributed by atoms with Gasteiger partial charge in [0, 0.05) is 16.2 Å². The second kappa shape index (κ2) is 6.01. The van der Waals surface area contributed by atoms with Crippen LogP contribution < -0.4 is 5.32 Å². The van der Waals surface area contributed by atoms with E-state index >= 15 is 0 Å². The van der Waals surface area contributed by atoms with E-state index in [-0.39, 0.29) is 10.5 Å². The molecule has 0 unspecified atom stereocenters. The molecule has 0 spiro atoms. The summed E-state index contributed by atoms with van der Waals surface area (Å²) in [7, 11) is 1.08. The number of aryl methyl sites for hydroxylation is 1. The number of benzene rings is 1. The van der Waals surface area contributed by atoms with Crippen LogP contribution in [0.3, 0.4) is 0 Å². The molecule has 1 rings (SSSR count). The van der Waals surface area contributed by atoms with Gasteiger partial charge in [0.1, 0.15) is 6.54 Å². The Balaban J connectivity index is 3.11. The first kappa shape index (κ1) is 16.8. The summed E-state index contributed by atoms with van der Waals surface area (Å²) in [6, 6.07) is 3.51. The maximum atomic E-state index is 12.1. The van der Waals surface area contributed by atoms with Crippen LogP contribution in [0.15, 0.2) is 23.1 Å². The van der Waals surface area contributed by atoms with Crippen molar-refractivity contribution in [2.24, 2.45) is 0 Å². The molecule has 112 valence electrons. The zero-order valence-electron chi connectivity index (χ0n) is 10.3.